The van der Waals surface area contributed by atoms with Crippen LogP contribution in [0.5, 0.6) is 0 Å². The average Bonchev–Trinajstić information content (AvgIpc) is 2.75. The number of aryl methyl sites for hydroxylation is 2. The molecule has 0 amide bonds. The third-order valence-corrected chi connectivity index (χ3v) is 4.26. The number of anilines is 1. The highest BCUT2D eigenvalue weighted by Crippen LogP contribution is 2.25. The predicted octanol–water partition coefficient (Wildman–Crippen LogP) is 3.58. The number of carbonyl (C=O) groups is 1. The van der Waals surface area contributed by atoms with E-state index in [0.717, 1.165) is 4.88 Å². The Morgan fingerprint density at radius 1 is 1.38 bits per heavy atom. The average molecular weight is 306 g/mol. The first-order valence-electron chi connectivity index (χ1n) is 6.20. The first-order valence-corrected chi connectivity index (χ1v) is 7.01. The van der Waals surface area contributed by atoms with Gasteiger partial charge in [-0.1, -0.05) is 0 Å². The number of rotatable bonds is 5. The van der Waals surface area contributed by atoms with Crippen molar-refractivity contribution in [1.29, 1.82) is 0 Å². The number of nitro groups is 1. The van der Waals surface area contributed by atoms with Gasteiger partial charge in [-0.3, -0.25) is 10.1 Å². The molecule has 0 spiro atoms. The molecule has 0 aliphatic carbocycles. The van der Waals surface area contributed by atoms with E-state index in [4.69, 9.17) is 5.11 Å². The van der Waals surface area contributed by atoms with E-state index in [-0.39, 0.29) is 5.56 Å². The van der Waals surface area contributed by atoms with Crippen LogP contribution in [0.2, 0.25) is 0 Å². The van der Waals surface area contributed by atoms with Crippen LogP contribution in [0.3, 0.4) is 0 Å². The van der Waals surface area contributed by atoms with Crippen LogP contribution < -0.4 is 5.32 Å². The van der Waals surface area contributed by atoms with E-state index in [0.29, 0.717) is 12.2 Å². The molecule has 2 rings (SSSR count). The molecule has 1 aromatic heterocycles. The van der Waals surface area contributed by atoms with Crippen molar-refractivity contribution in [2.75, 3.05) is 5.32 Å². The minimum absolute atomic E-state index is 0.312. The Kier molecular flexibility index (Phi) is 4.23. The monoisotopic (exact) mass is 306 g/mol. The van der Waals surface area contributed by atoms with Crippen molar-refractivity contribution in [3.63, 3.8) is 0 Å². The highest BCUT2D eigenvalue weighted by molar-refractivity contribution is 7.12. The molecule has 0 fully saturated rings. The molecular formula is C14H14N2O4S. The number of carboxylic acids is 1. The number of hydrogen-bond donors (Lipinski definition) is 2. The number of benzene rings is 1. The van der Waals surface area contributed by atoms with Crippen LogP contribution in [-0.4, -0.2) is 16.0 Å². The topological polar surface area (TPSA) is 92.5 Å². The Balaban J connectivity index is 2.19. The van der Waals surface area contributed by atoms with Gasteiger partial charge in [-0.25, -0.2) is 4.79 Å². The van der Waals surface area contributed by atoms with Crippen molar-refractivity contribution in [1.82, 2.24) is 0 Å². The lowest BCUT2D eigenvalue weighted by Gasteiger charge is -2.06. The normalized spacial score (nSPS) is 10.4. The van der Waals surface area contributed by atoms with E-state index in [2.05, 4.69) is 11.4 Å². The number of carboxylic acid groups (broad SMARTS) is 1. The zero-order valence-corrected chi connectivity index (χ0v) is 12.4. The molecule has 110 valence electrons. The summed E-state index contributed by atoms with van der Waals surface area (Å²) in [5.74, 6) is -1.31. The van der Waals surface area contributed by atoms with Gasteiger partial charge in [0.2, 0.25) is 0 Å². The van der Waals surface area contributed by atoms with Crippen LogP contribution in [-0.2, 0) is 6.54 Å². The summed E-state index contributed by atoms with van der Waals surface area (Å²) in [6, 6.07) is 6.08. The van der Waals surface area contributed by atoms with Gasteiger partial charge in [-0.05, 0) is 37.6 Å². The van der Waals surface area contributed by atoms with E-state index >= 15 is 0 Å². The summed E-state index contributed by atoms with van der Waals surface area (Å²) < 4.78 is 0. The summed E-state index contributed by atoms with van der Waals surface area (Å²) in [5.41, 5.74) is 1.01. The van der Waals surface area contributed by atoms with Crippen molar-refractivity contribution < 1.29 is 14.8 Å². The smallest absolute Gasteiger partial charge is 0.342 e. The lowest BCUT2D eigenvalue weighted by molar-refractivity contribution is -0.385. The maximum Gasteiger partial charge on any atom is 0.342 e. The lowest BCUT2D eigenvalue weighted by Crippen LogP contribution is -2.04. The number of nitrogens with one attached hydrogen (secondary N) is 1. The molecule has 1 heterocycles. The Morgan fingerprint density at radius 3 is 2.62 bits per heavy atom. The van der Waals surface area contributed by atoms with Gasteiger partial charge < -0.3 is 10.4 Å². The van der Waals surface area contributed by atoms with Gasteiger partial charge in [0.05, 0.1) is 4.92 Å². The first kappa shape index (κ1) is 15.0. The number of hydrogen-bond acceptors (Lipinski definition) is 5. The minimum Gasteiger partial charge on any atom is -0.477 e. The van der Waals surface area contributed by atoms with Crippen molar-refractivity contribution in [2.45, 2.75) is 20.4 Å². The van der Waals surface area contributed by atoms with Crippen molar-refractivity contribution in [3.05, 3.63) is 55.3 Å². The fraction of sp³-hybridized carbons (Fsp3) is 0.214. The van der Waals surface area contributed by atoms with Gasteiger partial charge in [0, 0.05) is 28.1 Å². The van der Waals surface area contributed by atoms with Crippen LogP contribution in [0.1, 0.15) is 25.7 Å². The zero-order chi connectivity index (χ0) is 15.6. The Bertz CT molecular complexity index is 689. The van der Waals surface area contributed by atoms with E-state index < -0.39 is 16.6 Å². The highest BCUT2D eigenvalue weighted by Gasteiger charge is 2.19. The van der Waals surface area contributed by atoms with Gasteiger partial charge in [0.1, 0.15) is 5.56 Å². The molecule has 0 atom stereocenters. The summed E-state index contributed by atoms with van der Waals surface area (Å²) in [6.45, 7) is 4.61. The van der Waals surface area contributed by atoms with Gasteiger partial charge in [0.25, 0.3) is 5.69 Å². The fourth-order valence-corrected chi connectivity index (χ4v) is 2.89. The van der Waals surface area contributed by atoms with Gasteiger partial charge >= 0.3 is 5.97 Å². The Labute approximate surface area is 125 Å². The first-order chi connectivity index (χ1) is 9.88. The summed E-state index contributed by atoms with van der Waals surface area (Å²) in [6.07, 6.45) is 0. The van der Waals surface area contributed by atoms with Crippen LogP contribution >= 0.6 is 11.3 Å². The summed E-state index contributed by atoms with van der Waals surface area (Å²) in [7, 11) is 0. The number of aromatic carboxylic acids is 1. The zero-order valence-electron chi connectivity index (χ0n) is 11.5. The quantitative estimate of drug-likeness (QED) is 0.650. The predicted molar refractivity (Wildman–Crippen MR) is 81.2 cm³/mol. The van der Waals surface area contributed by atoms with Gasteiger partial charge in [-0.2, -0.15) is 0 Å². The molecule has 2 N–H and O–H groups in total. The van der Waals surface area contributed by atoms with Crippen molar-refractivity contribution in [3.8, 4) is 0 Å². The fourth-order valence-electron chi connectivity index (χ4n) is 1.90. The number of thiophene rings is 1. The molecule has 0 bridgehead atoms. The van der Waals surface area contributed by atoms with Crippen LogP contribution in [0.25, 0.3) is 0 Å². The van der Waals surface area contributed by atoms with Crippen molar-refractivity contribution >= 4 is 28.7 Å². The second-order valence-electron chi connectivity index (χ2n) is 4.60. The lowest BCUT2D eigenvalue weighted by atomic mass is 10.1. The van der Waals surface area contributed by atoms with Gasteiger partial charge in [0.15, 0.2) is 0 Å². The molecule has 0 saturated carbocycles. The van der Waals surface area contributed by atoms with E-state index in [9.17, 15) is 14.9 Å². The summed E-state index contributed by atoms with van der Waals surface area (Å²) in [5, 5.41) is 22.9. The summed E-state index contributed by atoms with van der Waals surface area (Å²) in [4.78, 5) is 23.5. The molecule has 0 aliphatic heterocycles. The van der Waals surface area contributed by atoms with Crippen LogP contribution in [0.4, 0.5) is 11.4 Å². The molecule has 2 aromatic rings. The molecule has 0 saturated heterocycles. The SMILES string of the molecule is Cc1cc(CNc2ccc(C(=O)O)c([N+](=O)[O-])c2)sc1C. The molecular weight excluding hydrogens is 292 g/mol. The maximum atomic E-state index is 10.9. The molecule has 0 unspecified atom stereocenters. The Morgan fingerprint density at radius 2 is 2.10 bits per heavy atom. The highest BCUT2D eigenvalue weighted by atomic mass is 32.1. The second kappa shape index (κ2) is 5.92. The maximum absolute atomic E-state index is 10.9. The van der Waals surface area contributed by atoms with Crippen LogP contribution in [0.15, 0.2) is 24.3 Å². The standard InChI is InChI=1S/C14H14N2O4S/c1-8-5-11(21-9(8)2)7-15-10-3-4-12(14(17)18)13(6-10)16(19)20/h3-6,15H,7H2,1-2H3,(H,17,18). The molecule has 21 heavy (non-hydrogen) atoms. The molecule has 1 aromatic carbocycles. The Hall–Kier alpha value is -2.41. The van der Waals surface area contributed by atoms with Gasteiger partial charge in [-0.15, -0.1) is 11.3 Å². The minimum atomic E-state index is -1.31. The molecule has 7 heteroatoms. The summed E-state index contributed by atoms with van der Waals surface area (Å²) >= 11 is 1.66. The van der Waals surface area contributed by atoms with E-state index in [1.165, 1.54) is 28.6 Å². The number of nitro benzene ring substituents is 1. The largest absolute Gasteiger partial charge is 0.477 e. The van der Waals surface area contributed by atoms with Crippen LogP contribution in [0, 0.1) is 24.0 Å². The third kappa shape index (κ3) is 3.38. The van der Waals surface area contributed by atoms with Crippen molar-refractivity contribution in [2.24, 2.45) is 0 Å². The third-order valence-electron chi connectivity index (χ3n) is 3.11. The molecule has 0 aliphatic rings. The number of nitrogens with zero attached hydrogens (tertiary/aromatic N) is 1. The molecule has 6 nitrogen and oxygen atoms in total. The van der Waals surface area contributed by atoms with E-state index in [1.54, 1.807) is 11.3 Å². The molecule has 0 radical (unpaired) electrons. The second-order valence-corrected chi connectivity index (χ2v) is 5.94. The van der Waals surface area contributed by atoms with E-state index in [1.807, 2.05) is 13.8 Å².